The highest BCUT2D eigenvalue weighted by molar-refractivity contribution is 6.32. The van der Waals surface area contributed by atoms with Crippen LogP contribution in [0, 0.1) is 10.1 Å². The average Bonchev–Trinajstić information content (AvgIpc) is 2.98. The summed E-state index contributed by atoms with van der Waals surface area (Å²) >= 11 is 5.95. The first-order valence-corrected chi connectivity index (χ1v) is 8.86. The lowest BCUT2D eigenvalue weighted by Crippen LogP contribution is -2.35. The third kappa shape index (κ3) is 4.08. The smallest absolute Gasteiger partial charge is 0.344 e. The Morgan fingerprint density at radius 3 is 2.57 bits per heavy atom. The van der Waals surface area contributed by atoms with Crippen LogP contribution >= 0.6 is 11.6 Å². The van der Waals surface area contributed by atoms with Crippen molar-refractivity contribution >= 4 is 46.8 Å². The topological polar surface area (TPSA) is 139 Å². The molecule has 1 fully saturated rings. The largest absolute Gasteiger partial charge is 0.479 e. The first-order chi connectivity index (χ1) is 14.2. The molecule has 30 heavy (non-hydrogen) atoms. The second-order valence-electron chi connectivity index (χ2n) is 6.17. The molecular weight excluding hydrogens is 418 g/mol. The van der Waals surface area contributed by atoms with Gasteiger partial charge in [0.05, 0.1) is 10.6 Å². The van der Waals surface area contributed by atoms with Crippen LogP contribution < -0.4 is 15.2 Å². The maximum Gasteiger partial charge on any atom is 0.344 e. The molecule has 0 aromatic heterocycles. The van der Waals surface area contributed by atoms with Crippen LogP contribution in [-0.4, -0.2) is 33.9 Å². The molecule has 0 saturated carbocycles. The summed E-state index contributed by atoms with van der Waals surface area (Å²) in [4.78, 5) is 46.9. The molecule has 1 aliphatic rings. The number of carbonyl (C=O) groups is 3. The van der Waals surface area contributed by atoms with Gasteiger partial charge in [-0.15, -0.1) is 0 Å². The number of nitrogens with one attached hydrogen (secondary N) is 1. The number of nitro groups is 1. The van der Waals surface area contributed by atoms with Gasteiger partial charge in [-0.3, -0.25) is 25.1 Å². The molecule has 2 N–H and O–H groups in total. The van der Waals surface area contributed by atoms with Crippen LogP contribution in [0.2, 0.25) is 5.02 Å². The highest BCUT2D eigenvalue weighted by atomic mass is 35.5. The van der Waals surface area contributed by atoms with Crippen LogP contribution in [0.25, 0.3) is 6.08 Å². The molecule has 154 valence electrons. The van der Waals surface area contributed by atoms with Gasteiger partial charge in [0.1, 0.15) is 5.57 Å². The number of para-hydroxylation sites is 1. The lowest BCUT2D eigenvalue weighted by molar-refractivity contribution is -0.386. The SMILES string of the molecule is C[C@@H](Oc1c(/C=C2/C(=O)NN(c3ccccc3)C2=O)cc(Cl)cc1[N+](=O)[O-])C(=O)O. The molecule has 2 aromatic rings. The molecule has 1 saturated heterocycles. The molecule has 0 aliphatic carbocycles. The summed E-state index contributed by atoms with van der Waals surface area (Å²) in [5, 5.41) is 21.5. The number of rotatable bonds is 6. The van der Waals surface area contributed by atoms with Crippen LogP contribution in [0.4, 0.5) is 11.4 Å². The van der Waals surface area contributed by atoms with Gasteiger partial charge in [0.15, 0.2) is 6.10 Å². The summed E-state index contributed by atoms with van der Waals surface area (Å²) < 4.78 is 5.25. The third-order valence-corrected chi connectivity index (χ3v) is 4.33. The summed E-state index contributed by atoms with van der Waals surface area (Å²) in [7, 11) is 0. The van der Waals surface area contributed by atoms with Crippen molar-refractivity contribution in [2.75, 3.05) is 5.01 Å². The predicted molar refractivity (Wildman–Crippen MR) is 106 cm³/mol. The fourth-order valence-electron chi connectivity index (χ4n) is 2.67. The standard InChI is InChI=1S/C19H14ClN3O7/c1-10(19(26)27)30-16-11(7-12(20)9-15(16)23(28)29)8-14-17(24)21-22(18(14)25)13-5-3-2-4-6-13/h2-10H,1H3,(H,21,24)(H,26,27)/b14-8-/t10-/m1/s1. The monoisotopic (exact) mass is 431 g/mol. The van der Waals surface area contributed by atoms with E-state index >= 15 is 0 Å². The number of amides is 2. The summed E-state index contributed by atoms with van der Waals surface area (Å²) in [5.74, 6) is -3.23. The minimum absolute atomic E-state index is 0.0605. The van der Waals surface area contributed by atoms with E-state index in [2.05, 4.69) is 5.43 Å². The Bertz CT molecular complexity index is 1090. The van der Waals surface area contributed by atoms with Crippen LogP contribution in [0.15, 0.2) is 48.0 Å². The highest BCUT2D eigenvalue weighted by Gasteiger charge is 2.35. The number of hydrazine groups is 1. The summed E-state index contributed by atoms with van der Waals surface area (Å²) in [6, 6.07) is 10.5. The van der Waals surface area contributed by atoms with Gasteiger partial charge in [-0.05, 0) is 31.2 Å². The van der Waals surface area contributed by atoms with Crippen LogP contribution in [0.1, 0.15) is 12.5 Å². The van der Waals surface area contributed by atoms with Gasteiger partial charge in [-0.2, -0.15) is 0 Å². The zero-order valence-electron chi connectivity index (χ0n) is 15.4. The normalized spacial score (nSPS) is 15.8. The van der Waals surface area contributed by atoms with Gasteiger partial charge in [-0.25, -0.2) is 9.80 Å². The van der Waals surface area contributed by atoms with Gasteiger partial charge in [0.2, 0.25) is 5.75 Å². The van der Waals surface area contributed by atoms with Crippen molar-refractivity contribution in [3.05, 3.63) is 68.7 Å². The molecule has 1 heterocycles. The van der Waals surface area contributed by atoms with Crippen molar-refractivity contribution in [3.63, 3.8) is 0 Å². The van der Waals surface area contributed by atoms with E-state index in [1.165, 1.54) is 13.0 Å². The second kappa shape index (κ2) is 8.21. The van der Waals surface area contributed by atoms with Gasteiger partial charge >= 0.3 is 11.7 Å². The van der Waals surface area contributed by atoms with Crippen LogP contribution in [0.3, 0.4) is 0 Å². The number of benzene rings is 2. The average molecular weight is 432 g/mol. The number of anilines is 1. The number of hydrogen-bond acceptors (Lipinski definition) is 6. The van der Waals surface area contributed by atoms with Gasteiger partial charge < -0.3 is 9.84 Å². The number of hydrogen-bond donors (Lipinski definition) is 2. The number of carboxylic acid groups (broad SMARTS) is 1. The molecule has 1 atom stereocenters. The summed E-state index contributed by atoms with van der Waals surface area (Å²) in [6.45, 7) is 1.18. The van der Waals surface area contributed by atoms with E-state index in [1.807, 2.05) is 0 Å². The number of nitro benzene ring substituents is 1. The number of carboxylic acids is 1. The zero-order valence-corrected chi connectivity index (χ0v) is 16.1. The lowest BCUT2D eigenvalue weighted by atomic mass is 10.1. The molecule has 0 radical (unpaired) electrons. The molecule has 0 unspecified atom stereocenters. The van der Waals surface area contributed by atoms with E-state index in [9.17, 15) is 24.5 Å². The van der Waals surface area contributed by atoms with Crippen molar-refractivity contribution in [2.45, 2.75) is 13.0 Å². The van der Waals surface area contributed by atoms with Crippen LogP contribution in [-0.2, 0) is 14.4 Å². The van der Waals surface area contributed by atoms with Crippen LogP contribution in [0.5, 0.6) is 5.75 Å². The molecule has 10 nitrogen and oxygen atoms in total. The van der Waals surface area contributed by atoms with E-state index in [0.717, 1.165) is 17.2 Å². The molecule has 3 rings (SSSR count). The maximum atomic E-state index is 12.7. The maximum absolute atomic E-state index is 12.7. The number of ether oxygens (including phenoxy) is 1. The minimum atomic E-state index is -1.43. The van der Waals surface area contributed by atoms with Crippen molar-refractivity contribution in [3.8, 4) is 5.75 Å². The van der Waals surface area contributed by atoms with E-state index < -0.39 is 40.2 Å². The second-order valence-corrected chi connectivity index (χ2v) is 6.61. The number of carbonyl (C=O) groups excluding carboxylic acids is 2. The fourth-order valence-corrected chi connectivity index (χ4v) is 2.89. The first kappa shape index (κ1) is 20.8. The van der Waals surface area contributed by atoms with E-state index in [-0.39, 0.29) is 16.2 Å². The predicted octanol–water partition coefficient (Wildman–Crippen LogP) is 2.56. The van der Waals surface area contributed by atoms with Crippen molar-refractivity contribution < 1.29 is 29.2 Å². The molecule has 0 spiro atoms. The van der Waals surface area contributed by atoms with E-state index in [0.29, 0.717) is 5.69 Å². The van der Waals surface area contributed by atoms with E-state index in [4.69, 9.17) is 21.4 Å². The molecular formula is C19H14ClN3O7. The Morgan fingerprint density at radius 2 is 1.97 bits per heavy atom. The Balaban J connectivity index is 2.09. The Kier molecular flexibility index (Phi) is 5.70. The Morgan fingerprint density at radius 1 is 1.30 bits per heavy atom. The summed E-state index contributed by atoms with van der Waals surface area (Å²) in [6.07, 6.45) is -0.361. The van der Waals surface area contributed by atoms with Gasteiger partial charge in [-0.1, -0.05) is 29.8 Å². The molecule has 0 bridgehead atoms. The Hall–Kier alpha value is -3.92. The van der Waals surface area contributed by atoms with Crippen molar-refractivity contribution in [1.29, 1.82) is 0 Å². The molecule has 11 heteroatoms. The number of nitrogens with zero attached hydrogens (tertiary/aromatic N) is 2. The molecule has 2 aromatic carbocycles. The van der Waals surface area contributed by atoms with Gasteiger partial charge in [0, 0.05) is 16.7 Å². The first-order valence-electron chi connectivity index (χ1n) is 8.48. The summed E-state index contributed by atoms with van der Waals surface area (Å²) in [5.41, 5.74) is 1.78. The van der Waals surface area contributed by atoms with Crippen molar-refractivity contribution in [2.24, 2.45) is 0 Å². The third-order valence-electron chi connectivity index (χ3n) is 4.11. The zero-order chi connectivity index (χ0) is 22.0. The number of aliphatic carboxylic acids is 1. The Labute approximate surface area is 174 Å². The highest BCUT2D eigenvalue weighted by Crippen LogP contribution is 2.37. The minimum Gasteiger partial charge on any atom is -0.479 e. The molecule has 1 aliphatic heterocycles. The number of halogens is 1. The molecule has 2 amide bonds. The van der Waals surface area contributed by atoms with Crippen molar-refractivity contribution in [1.82, 2.24) is 5.43 Å². The quantitative estimate of drug-likeness (QED) is 0.310. The lowest BCUT2D eigenvalue weighted by Gasteiger charge is -2.14. The van der Waals surface area contributed by atoms with Gasteiger partial charge in [0.25, 0.3) is 11.8 Å². The van der Waals surface area contributed by atoms with E-state index in [1.54, 1.807) is 30.3 Å². The fraction of sp³-hybridized carbons (Fsp3) is 0.105.